The summed E-state index contributed by atoms with van der Waals surface area (Å²) in [6.07, 6.45) is 11.2. The predicted molar refractivity (Wildman–Crippen MR) is 109 cm³/mol. The van der Waals surface area contributed by atoms with E-state index in [0.717, 1.165) is 19.3 Å². The third-order valence-electron chi connectivity index (χ3n) is 4.32. The van der Waals surface area contributed by atoms with Crippen LogP contribution in [0.4, 0.5) is 0 Å². The Hall–Kier alpha value is -1.19. The van der Waals surface area contributed by atoms with Crippen molar-refractivity contribution in [3.05, 3.63) is 0 Å². The molecule has 0 aliphatic rings. The zero-order valence-electron chi connectivity index (χ0n) is 17.5. The van der Waals surface area contributed by atoms with Crippen LogP contribution in [0, 0.1) is 5.92 Å². The molecule has 0 fully saturated rings. The molecule has 0 aliphatic carbocycles. The molecular weight excluding hydrogens is 384 g/mol. The molecule has 166 valence electrons. The van der Waals surface area contributed by atoms with Crippen LogP contribution in [-0.4, -0.2) is 37.6 Å². The molecule has 28 heavy (non-hydrogen) atoms. The highest BCUT2D eigenvalue weighted by Crippen LogP contribution is 2.11. The van der Waals surface area contributed by atoms with Crippen LogP contribution in [0.25, 0.3) is 0 Å². The molecule has 0 heterocycles. The number of rotatable bonds is 17. The molecule has 0 radical (unpaired) electrons. The zero-order valence-corrected chi connectivity index (χ0v) is 18.4. The van der Waals surface area contributed by atoms with Gasteiger partial charge in [0.15, 0.2) is 0 Å². The van der Waals surface area contributed by atoms with Crippen molar-refractivity contribution in [1.29, 1.82) is 0 Å². The SMILES string of the molecule is CCCCCCCCCCCC(=O)N[C@@H](CC(C)C)C(=O)NCOS(=O)(=O)O. The molecule has 1 atom stereocenters. The second kappa shape index (κ2) is 15.7. The second-order valence-electron chi connectivity index (χ2n) is 7.56. The van der Waals surface area contributed by atoms with Crippen molar-refractivity contribution < 1.29 is 26.7 Å². The van der Waals surface area contributed by atoms with Crippen molar-refractivity contribution in [3.8, 4) is 0 Å². The average molecular weight is 423 g/mol. The van der Waals surface area contributed by atoms with Gasteiger partial charge in [-0.25, -0.2) is 4.18 Å². The summed E-state index contributed by atoms with van der Waals surface area (Å²) in [4.78, 5) is 24.3. The Kier molecular flexibility index (Phi) is 15.0. The number of hydrogen-bond acceptors (Lipinski definition) is 5. The number of carbonyl (C=O) groups is 2. The van der Waals surface area contributed by atoms with E-state index in [4.69, 9.17) is 4.55 Å². The van der Waals surface area contributed by atoms with Crippen LogP contribution < -0.4 is 10.6 Å². The fourth-order valence-electron chi connectivity index (χ4n) is 2.86. The number of unbranched alkanes of at least 4 members (excludes halogenated alkanes) is 8. The Morgan fingerprint density at radius 1 is 0.964 bits per heavy atom. The van der Waals surface area contributed by atoms with Crippen molar-refractivity contribution >= 4 is 22.2 Å². The number of nitrogens with one attached hydrogen (secondary N) is 2. The van der Waals surface area contributed by atoms with E-state index in [1.165, 1.54) is 38.5 Å². The predicted octanol–water partition coefficient (Wildman–Crippen LogP) is 3.33. The fraction of sp³-hybridized carbons (Fsp3) is 0.895. The zero-order chi connectivity index (χ0) is 21.4. The molecule has 0 rings (SSSR count). The maximum absolute atomic E-state index is 12.1. The molecule has 3 N–H and O–H groups in total. The van der Waals surface area contributed by atoms with E-state index in [9.17, 15) is 18.0 Å². The summed E-state index contributed by atoms with van der Waals surface area (Å²) in [6.45, 7) is 5.36. The third-order valence-corrected chi connectivity index (χ3v) is 4.74. The summed E-state index contributed by atoms with van der Waals surface area (Å²) in [7, 11) is -4.62. The highest BCUT2D eigenvalue weighted by molar-refractivity contribution is 7.80. The Bertz CT molecular complexity index is 537. The van der Waals surface area contributed by atoms with E-state index < -0.39 is 29.1 Å². The lowest BCUT2D eigenvalue weighted by Gasteiger charge is -2.20. The largest absolute Gasteiger partial charge is 0.399 e. The molecule has 0 saturated carbocycles. The fourth-order valence-corrected chi connectivity index (χ4v) is 3.07. The van der Waals surface area contributed by atoms with Gasteiger partial charge >= 0.3 is 10.4 Å². The van der Waals surface area contributed by atoms with E-state index in [0.29, 0.717) is 12.8 Å². The smallest absolute Gasteiger partial charge is 0.344 e. The van der Waals surface area contributed by atoms with E-state index in [1.54, 1.807) is 0 Å². The van der Waals surface area contributed by atoms with Crippen molar-refractivity contribution in [1.82, 2.24) is 10.6 Å². The van der Waals surface area contributed by atoms with E-state index in [1.807, 2.05) is 13.8 Å². The van der Waals surface area contributed by atoms with Crippen LogP contribution in [-0.2, 0) is 24.2 Å². The minimum Gasteiger partial charge on any atom is -0.344 e. The first-order valence-corrected chi connectivity index (χ1v) is 11.7. The number of carbonyl (C=O) groups excluding carboxylic acids is 2. The lowest BCUT2D eigenvalue weighted by atomic mass is 10.0. The molecule has 0 bridgehead atoms. The van der Waals surface area contributed by atoms with Gasteiger partial charge < -0.3 is 10.6 Å². The molecule has 0 saturated heterocycles. The monoisotopic (exact) mass is 422 g/mol. The van der Waals surface area contributed by atoms with E-state index in [-0.39, 0.29) is 11.8 Å². The van der Waals surface area contributed by atoms with Crippen molar-refractivity contribution in [2.24, 2.45) is 5.92 Å². The first-order chi connectivity index (χ1) is 13.2. The lowest BCUT2D eigenvalue weighted by molar-refractivity contribution is -0.130. The summed E-state index contributed by atoms with van der Waals surface area (Å²) >= 11 is 0. The van der Waals surface area contributed by atoms with Crippen molar-refractivity contribution in [3.63, 3.8) is 0 Å². The summed E-state index contributed by atoms with van der Waals surface area (Å²) in [5.74, 6) is -0.580. The van der Waals surface area contributed by atoms with Crippen LogP contribution in [0.15, 0.2) is 0 Å². The molecule has 0 spiro atoms. The van der Waals surface area contributed by atoms with Crippen LogP contribution in [0.5, 0.6) is 0 Å². The molecule has 0 unspecified atom stereocenters. The van der Waals surface area contributed by atoms with Crippen molar-refractivity contribution in [2.45, 2.75) is 97.4 Å². The number of hydrogen-bond donors (Lipinski definition) is 3. The topological polar surface area (TPSA) is 122 Å². The Balaban J connectivity index is 4.09. The summed E-state index contributed by atoms with van der Waals surface area (Å²) < 4.78 is 33.6. The molecule has 0 aromatic rings. The minimum absolute atomic E-state index is 0.159. The Morgan fingerprint density at radius 3 is 2.00 bits per heavy atom. The van der Waals surface area contributed by atoms with Gasteiger partial charge in [0, 0.05) is 6.42 Å². The van der Waals surface area contributed by atoms with Gasteiger partial charge in [-0.2, -0.15) is 8.42 Å². The molecule has 2 amide bonds. The summed E-state index contributed by atoms with van der Waals surface area (Å²) in [6, 6.07) is -0.768. The molecular formula is C19H38N2O6S. The van der Waals surface area contributed by atoms with Gasteiger partial charge in [0.25, 0.3) is 0 Å². The van der Waals surface area contributed by atoms with Crippen LogP contribution in [0.3, 0.4) is 0 Å². The molecule has 0 aromatic heterocycles. The van der Waals surface area contributed by atoms with E-state index in [2.05, 4.69) is 21.7 Å². The number of amides is 2. The minimum atomic E-state index is -4.62. The van der Waals surface area contributed by atoms with Crippen LogP contribution in [0.1, 0.15) is 91.4 Å². The van der Waals surface area contributed by atoms with Gasteiger partial charge in [-0.1, -0.05) is 72.1 Å². The first kappa shape index (κ1) is 26.8. The van der Waals surface area contributed by atoms with Crippen LogP contribution in [0.2, 0.25) is 0 Å². The maximum atomic E-state index is 12.1. The van der Waals surface area contributed by atoms with Crippen LogP contribution >= 0.6 is 0 Å². The highest BCUT2D eigenvalue weighted by Gasteiger charge is 2.22. The second-order valence-corrected chi connectivity index (χ2v) is 8.65. The Morgan fingerprint density at radius 2 is 1.50 bits per heavy atom. The van der Waals surface area contributed by atoms with Gasteiger partial charge in [-0.3, -0.25) is 14.1 Å². The van der Waals surface area contributed by atoms with Gasteiger partial charge in [-0.05, 0) is 18.8 Å². The van der Waals surface area contributed by atoms with Crippen molar-refractivity contribution in [2.75, 3.05) is 6.73 Å². The Labute approximate surface area is 170 Å². The average Bonchev–Trinajstić information content (AvgIpc) is 2.58. The normalized spacial score (nSPS) is 12.8. The summed E-state index contributed by atoms with van der Waals surface area (Å²) in [5.41, 5.74) is 0. The van der Waals surface area contributed by atoms with Gasteiger partial charge in [0.1, 0.15) is 12.8 Å². The van der Waals surface area contributed by atoms with E-state index >= 15 is 0 Å². The molecule has 0 aliphatic heterocycles. The molecule has 8 nitrogen and oxygen atoms in total. The molecule has 9 heteroatoms. The standard InChI is InChI=1S/C19H38N2O6S/c1-4-5-6-7-8-9-10-11-12-13-18(22)21-17(14-16(2)3)19(23)20-15-27-28(24,25)26/h16-17H,4-15H2,1-3H3,(H,20,23)(H,21,22)(H,24,25,26)/t17-/m0/s1. The lowest BCUT2D eigenvalue weighted by Crippen LogP contribution is -2.48. The quantitative estimate of drug-likeness (QED) is 0.188. The van der Waals surface area contributed by atoms with Gasteiger partial charge in [0.05, 0.1) is 0 Å². The highest BCUT2D eigenvalue weighted by atomic mass is 32.3. The first-order valence-electron chi connectivity index (χ1n) is 10.3. The summed E-state index contributed by atoms with van der Waals surface area (Å²) in [5, 5.41) is 4.94. The molecule has 0 aromatic carbocycles. The maximum Gasteiger partial charge on any atom is 0.399 e. The third kappa shape index (κ3) is 16.9. The van der Waals surface area contributed by atoms with Gasteiger partial charge in [-0.15, -0.1) is 0 Å². The van der Waals surface area contributed by atoms with Gasteiger partial charge in [0.2, 0.25) is 11.8 Å².